The minimum Gasteiger partial charge on any atom is -0.598 e. The minimum absolute atomic E-state index is 0.198. The average Bonchev–Trinajstić information content (AvgIpc) is 3.34. The van der Waals surface area contributed by atoms with Gasteiger partial charge in [0, 0.05) is 17.6 Å². The Morgan fingerprint density at radius 1 is 1.32 bits per heavy atom. The maximum absolute atomic E-state index is 13.9. The van der Waals surface area contributed by atoms with Crippen molar-refractivity contribution in [2.24, 2.45) is 0 Å². The van der Waals surface area contributed by atoms with Crippen LogP contribution in [0.25, 0.3) is 10.4 Å². The molecule has 1 N–H and O–H groups in total. The summed E-state index contributed by atoms with van der Waals surface area (Å²) in [6, 6.07) is 5.78. The molecule has 1 aliphatic heterocycles. The number of alkyl halides is 3. The maximum Gasteiger partial charge on any atom is 0.315 e. The van der Waals surface area contributed by atoms with Gasteiger partial charge in [0.15, 0.2) is 0 Å². The fourth-order valence-corrected chi connectivity index (χ4v) is 5.59. The highest BCUT2D eigenvalue weighted by Gasteiger charge is 2.52. The number of nitrogens with one attached hydrogen (secondary N) is 1. The molecule has 2 heterocycles. The van der Waals surface area contributed by atoms with Gasteiger partial charge in [0.2, 0.25) is 0 Å². The molecule has 1 amide bonds. The molecule has 0 spiro atoms. The molecule has 188 valence electrons. The van der Waals surface area contributed by atoms with E-state index in [4.69, 9.17) is 4.74 Å². The van der Waals surface area contributed by atoms with E-state index in [1.165, 1.54) is 25.2 Å². The lowest BCUT2D eigenvalue weighted by molar-refractivity contribution is -0.159. The number of ether oxygens (including phenoxy) is 1. The number of hydrogen-bond acceptors (Lipinski definition) is 6. The molecule has 2 aromatic rings. The van der Waals surface area contributed by atoms with Crippen LogP contribution in [0, 0.1) is 0 Å². The lowest BCUT2D eigenvalue weighted by atomic mass is 10.0. The van der Waals surface area contributed by atoms with Crippen molar-refractivity contribution < 1.29 is 27.3 Å². The van der Waals surface area contributed by atoms with E-state index in [2.05, 4.69) is 9.71 Å². The molecule has 4 atom stereocenters. The predicted molar refractivity (Wildman–Crippen MR) is 128 cm³/mol. The molecule has 6 nitrogen and oxygen atoms in total. The first kappa shape index (κ1) is 26.9. The van der Waals surface area contributed by atoms with Crippen molar-refractivity contribution >= 4 is 28.6 Å². The molecule has 1 aromatic carbocycles. The van der Waals surface area contributed by atoms with Crippen LogP contribution in [-0.2, 0) is 20.9 Å². The Hall–Kier alpha value is -1.66. The van der Waals surface area contributed by atoms with Crippen LogP contribution < -0.4 is 4.72 Å². The lowest BCUT2D eigenvalue weighted by Gasteiger charge is -2.32. The van der Waals surface area contributed by atoms with Crippen molar-refractivity contribution in [3.63, 3.8) is 0 Å². The Kier molecular flexibility index (Phi) is 8.03. The van der Waals surface area contributed by atoms with E-state index in [0.717, 1.165) is 20.3 Å². The topological polar surface area (TPSA) is 77.5 Å². The Morgan fingerprint density at radius 2 is 1.94 bits per heavy atom. The monoisotopic (exact) mass is 517 g/mol. The smallest absolute Gasteiger partial charge is 0.315 e. The zero-order chi connectivity index (χ0) is 25.4. The molecular weight excluding hydrogens is 487 g/mol. The first-order chi connectivity index (χ1) is 15.8. The number of carbonyl (C=O) groups excluding carboxylic acids is 1. The van der Waals surface area contributed by atoms with Crippen molar-refractivity contribution in [1.82, 2.24) is 14.6 Å². The van der Waals surface area contributed by atoms with Gasteiger partial charge in [-0.2, -0.15) is 8.78 Å². The van der Waals surface area contributed by atoms with Crippen LogP contribution in [0.3, 0.4) is 0 Å². The van der Waals surface area contributed by atoms with Gasteiger partial charge < -0.3 is 14.2 Å². The molecule has 0 aliphatic carbocycles. The largest absolute Gasteiger partial charge is 0.598 e. The summed E-state index contributed by atoms with van der Waals surface area (Å²) in [5.74, 6) is -1.45. The van der Waals surface area contributed by atoms with Crippen molar-refractivity contribution in [2.75, 3.05) is 6.67 Å². The SMILES string of the molecule is CC(N[S+]([O-])C(C)(C)C)c1ncc(-c2ccc([C@H]3OC(C)(C)N(C(=O)C(F)F)[C@@H]3CF)cc2)s1. The van der Waals surface area contributed by atoms with Crippen LogP contribution in [0.2, 0.25) is 0 Å². The summed E-state index contributed by atoms with van der Waals surface area (Å²) in [7, 11) is 0. The molecule has 1 aromatic heterocycles. The van der Waals surface area contributed by atoms with E-state index in [1.54, 1.807) is 18.3 Å². The normalized spacial score (nSPS) is 22.3. The lowest BCUT2D eigenvalue weighted by Crippen LogP contribution is -2.51. The zero-order valence-corrected chi connectivity index (χ0v) is 21.6. The molecule has 11 heteroatoms. The highest BCUT2D eigenvalue weighted by molar-refractivity contribution is 7.90. The molecule has 34 heavy (non-hydrogen) atoms. The standard InChI is InChI=1S/C23H30F3N3O3S2/c1-13(28-34(31)22(2,3)4)20-27-12-17(33-20)14-7-9-15(10-8-14)18-16(11-24)29(21(30)19(25)26)23(5,6)32-18/h7-10,12-13,16,18-19,28H,11H2,1-6H3/t13?,16-,18-,34?/m1/s1. The number of aromatic nitrogens is 1. The minimum atomic E-state index is -3.24. The van der Waals surface area contributed by atoms with Gasteiger partial charge in [0.25, 0.3) is 5.91 Å². The van der Waals surface area contributed by atoms with Crippen molar-refractivity contribution in [2.45, 2.75) is 76.6 Å². The second-order valence-corrected chi connectivity index (χ2v) is 12.7. The summed E-state index contributed by atoms with van der Waals surface area (Å²) in [5, 5.41) is 0.788. The van der Waals surface area contributed by atoms with Gasteiger partial charge in [0.1, 0.15) is 34.3 Å². The fraction of sp³-hybridized carbons (Fsp3) is 0.565. The maximum atomic E-state index is 13.9. The van der Waals surface area contributed by atoms with Crippen LogP contribution in [-0.4, -0.2) is 50.0 Å². The van der Waals surface area contributed by atoms with Gasteiger partial charge >= 0.3 is 6.43 Å². The van der Waals surface area contributed by atoms with Gasteiger partial charge in [-0.05, 0) is 52.7 Å². The number of amides is 1. The van der Waals surface area contributed by atoms with Gasteiger partial charge in [0.05, 0.1) is 10.9 Å². The zero-order valence-electron chi connectivity index (χ0n) is 20.0. The number of thiazole rings is 1. The van der Waals surface area contributed by atoms with E-state index in [-0.39, 0.29) is 6.04 Å². The highest BCUT2D eigenvalue weighted by Crippen LogP contribution is 2.42. The Morgan fingerprint density at radius 3 is 2.47 bits per heavy atom. The summed E-state index contributed by atoms with van der Waals surface area (Å²) in [4.78, 5) is 18.2. The predicted octanol–water partition coefficient (Wildman–Crippen LogP) is 5.16. The van der Waals surface area contributed by atoms with E-state index < -0.39 is 53.0 Å². The fourth-order valence-electron chi connectivity index (χ4n) is 3.80. The quantitative estimate of drug-likeness (QED) is 0.514. The molecule has 0 saturated carbocycles. The Bertz CT molecular complexity index is 995. The van der Waals surface area contributed by atoms with E-state index in [0.29, 0.717) is 5.56 Å². The van der Waals surface area contributed by atoms with Gasteiger partial charge in [-0.25, -0.2) is 9.37 Å². The van der Waals surface area contributed by atoms with Gasteiger partial charge in [-0.3, -0.25) is 4.79 Å². The molecule has 1 saturated heterocycles. The third kappa shape index (κ3) is 5.59. The van der Waals surface area contributed by atoms with Crippen LogP contribution in [0.1, 0.15) is 64.3 Å². The summed E-state index contributed by atoms with van der Waals surface area (Å²) in [6.45, 7) is 9.52. The second-order valence-electron chi connectivity index (χ2n) is 9.62. The number of nitrogens with zero attached hydrogens (tertiary/aromatic N) is 2. The Balaban J connectivity index is 1.78. The third-order valence-corrected chi connectivity index (χ3v) is 8.43. The average molecular weight is 518 g/mol. The molecule has 1 aliphatic rings. The molecule has 0 radical (unpaired) electrons. The van der Waals surface area contributed by atoms with Crippen LogP contribution in [0.15, 0.2) is 30.5 Å². The van der Waals surface area contributed by atoms with Crippen LogP contribution in [0.5, 0.6) is 0 Å². The van der Waals surface area contributed by atoms with Gasteiger partial charge in [-0.1, -0.05) is 24.3 Å². The van der Waals surface area contributed by atoms with E-state index in [1.807, 2.05) is 39.8 Å². The van der Waals surface area contributed by atoms with E-state index >= 15 is 0 Å². The van der Waals surface area contributed by atoms with Crippen molar-refractivity contribution in [1.29, 1.82) is 0 Å². The summed E-state index contributed by atoms with van der Waals surface area (Å²) in [6.07, 6.45) is -2.38. The second kappa shape index (κ2) is 10.1. The number of rotatable bonds is 7. The number of benzene rings is 1. The number of halogens is 3. The number of hydrogen-bond donors (Lipinski definition) is 1. The summed E-state index contributed by atoms with van der Waals surface area (Å²) < 4.78 is 61.0. The molecule has 3 rings (SSSR count). The summed E-state index contributed by atoms with van der Waals surface area (Å²) in [5.41, 5.74) is 0.0896. The molecular formula is C23H30F3N3O3S2. The first-order valence-corrected chi connectivity index (χ1v) is 12.8. The van der Waals surface area contributed by atoms with Crippen molar-refractivity contribution in [3.8, 4) is 10.4 Å². The van der Waals surface area contributed by atoms with Crippen molar-refractivity contribution in [3.05, 3.63) is 41.0 Å². The Labute approximate surface area is 205 Å². The molecule has 1 fully saturated rings. The van der Waals surface area contributed by atoms with E-state index in [9.17, 15) is 22.5 Å². The molecule has 2 unspecified atom stereocenters. The third-order valence-electron chi connectivity index (χ3n) is 5.52. The number of carbonyl (C=O) groups is 1. The van der Waals surface area contributed by atoms with Gasteiger partial charge in [-0.15, -0.1) is 16.1 Å². The first-order valence-electron chi connectivity index (χ1n) is 10.9. The van der Waals surface area contributed by atoms with Crippen LogP contribution in [0.4, 0.5) is 13.2 Å². The molecule has 0 bridgehead atoms. The van der Waals surface area contributed by atoms with Crippen LogP contribution >= 0.6 is 11.3 Å². The summed E-state index contributed by atoms with van der Waals surface area (Å²) >= 11 is 0.231. The highest BCUT2D eigenvalue weighted by atomic mass is 32.2.